The summed E-state index contributed by atoms with van der Waals surface area (Å²) >= 11 is 0. The van der Waals surface area contributed by atoms with E-state index < -0.39 is 58.3 Å². The molecule has 0 radical (unpaired) electrons. The number of carboxylic acid groups (broad SMARTS) is 1. The minimum Gasteiger partial charge on any atom is -0.480 e. The smallest absolute Gasteiger partial charge is 0.362 e. The Bertz CT molecular complexity index is 709. The lowest BCUT2D eigenvalue weighted by Gasteiger charge is -2.45. The Balaban J connectivity index is 2.60. The molecule has 0 aromatic carbocycles. The number of β-lactam (4-membered cyclic amide) rings is 1. The van der Waals surface area contributed by atoms with Crippen molar-refractivity contribution in [2.24, 2.45) is 5.73 Å². The number of carbonyl (C=O) groups excluding carboxylic acids is 3. The van der Waals surface area contributed by atoms with Crippen molar-refractivity contribution in [2.45, 2.75) is 37.6 Å². The highest BCUT2D eigenvalue weighted by atomic mass is 32.2. The molecule has 1 aliphatic rings. The summed E-state index contributed by atoms with van der Waals surface area (Å²) in [6.07, 6.45) is -0.380. The standard InChI is InChI=1S/C12H20N4O9S/c1-6(14-8(17)4-3-7(13)10(19)20)9(18)15-12(25-2)5-16(11(12)21)26(22,23)24/h6-7H,3-5,13H2,1-2H3,(H,14,17)(H,15,18)(H,19,20)(H,22,23,24). The maximum atomic E-state index is 12.1. The predicted octanol–water partition coefficient (Wildman–Crippen LogP) is -3.21. The van der Waals surface area contributed by atoms with E-state index in [0.29, 0.717) is 0 Å². The minimum absolute atomic E-state index is 0.104. The molecule has 0 aromatic rings. The van der Waals surface area contributed by atoms with Crippen LogP contribution in [0.15, 0.2) is 0 Å². The van der Waals surface area contributed by atoms with Gasteiger partial charge < -0.3 is 26.2 Å². The van der Waals surface area contributed by atoms with E-state index in [0.717, 1.165) is 7.11 Å². The molecule has 14 heteroatoms. The molecule has 1 heterocycles. The molecule has 0 aliphatic carbocycles. The van der Waals surface area contributed by atoms with Gasteiger partial charge >= 0.3 is 16.3 Å². The van der Waals surface area contributed by atoms with Gasteiger partial charge in [-0.2, -0.15) is 8.42 Å². The molecular weight excluding hydrogens is 376 g/mol. The quantitative estimate of drug-likeness (QED) is 0.150. The van der Waals surface area contributed by atoms with Gasteiger partial charge in [-0.15, -0.1) is 0 Å². The van der Waals surface area contributed by atoms with Crippen molar-refractivity contribution >= 4 is 34.0 Å². The number of amides is 3. The van der Waals surface area contributed by atoms with Gasteiger partial charge in [0.2, 0.25) is 17.5 Å². The van der Waals surface area contributed by atoms with Gasteiger partial charge in [0.25, 0.3) is 5.91 Å². The van der Waals surface area contributed by atoms with Crippen LogP contribution in [0.25, 0.3) is 0 Å². The number of carbonyl (C=O) groups is 4. The van der Waals surface area contributed by atoms with Crippen LogP contribution in [-0.2, 0) is 34.2 Å². The predicted molar refractivity (Wildman–Crippen MR) is 83.6 cm³/mol. The van der Waals surface area contributed by atoms with E-state index in [4.69, 9.17) is 20.1 Å². The normalized spacial score (nSPS) is 22.2. The fourth-order valence-electron chi connectivity index (χ4n) is 2.03. The van der Waals surface area contributed by atoms with E-state index in [2.05, 4.69) is 10.6 Å². The number of rotatable bonds is 9. The third-order valence-corrected chi connectivity index (χ3v) is 4.51. The summed E-state index contributed by atoms with van der Waals surface area (Å²) in [5, 5.41) is 13.1. The van der Waals surface area contributed by atoms with Crippen molar-refractivity contribution in [2.75, 3.05) is 13.7 Å². The van der Waals surface area contributed by atoms with Crippen LogP contribution in [0.5, 0.6) is 0 Å². The average molecular weight is 396 g/mol. The molecule has 26 heavy (non-hydrogen) atoms. The number of methoxy groups -OCH3 is 1. The first kappa shape index (κ1) is 21.8. The summed E-state index contributed by atoms with van der Waals surface area (Å²) in [4.78, 5) is 46.2. The Labute approximate surface area is 148 Å². The van der Waals surface area contributed by atoms with E-state index >= 15 is 0 Å². The molecule has 1 rings (SSSR count). The first-order chi connectivity index (χ1) is 11.8. The number of nitrogens with one attached hydrogen (secondary N) is 2. The average Bonchev–Trinajstić information content (AvgIpc) is 2.53. The molecule has 6 N–H and O–H groups in total. The van der Waals surface area contributed by atoms with Gasteiger partial charge in [0.15, 0.2) is 0 Å². The van der Waals surface area contributed by atoms with E-state index in [9.17, 15) is 27.6 Å². The summed E-state index contributed by atoms with van der Waals surface area (Å²) < 4.78 is 35.7. The zero-order valence-electron chi connectivity index (χ0n) is 14.0. The second-order valence-corrected chi connectivity index (χ2v) is 6.92. The van der Waals surface area contributed by atoms with Crippen LogP contribution in [0.3, 0.4) is 0 Å². The number of nitrogens with zero attached hydrogens (tertiary/aromatic N) is 1. The lowest BCUT2D eigenvalue weighted by Crippen LogP contribution is -2.76. The monoisotopic (exact) mass is 396 g/mol. The zero-order chi connectivity index (χ0) is 20.3. The molecule has 3 atom stereocenters. The van der Waals surface area contributed by atoms with Crippen molar-refractivity contribution in [3.05, 3.63) is 0 Å². The first-order valence-corrected chi connectivity index (χ1v) is 8.68. The summed E-state index contributed by atoms with van der Waals surface area (Å²) in [5.74, 6) is -3.96. The highest BCUT2D eigenvalue weighted by Gasteiger charge is 2.58. The molecular formula is C12H20N4O9S. The largest absolute Gasteiger partial charge is 0.480 e. The third-order valence-electron chi connectivity index (χ3n) is 3.66. The molecule has 0 bridgehead atoms. The maximum absolute atomic E-state index is 12.1. The van der Waals surface area contributed by atoms with Crippen LogP contribution in [0.2, 0.25) is 0 Å². The van der Waals surface area contributed by atoms with Crippen molar-refractivity contribution in [1.82, 2.24) is 14.9 Å². The van der Waals surface area contributed by atoms with Crippen molar-refractivity contribution in [3.8, 4) is 0 Å². The summed E-state index contributed by atoms with van der Waals surface area (Å²) in [6, 6.07) is -2.36. The third kappa shape index (κ3) is 4.87. The van der Waals surface area contributed by atoms with Crippen LogP contribution < -0.4 is 16.4 Å². The Morgan fingerprint density at radius 1 is 1.42 bits per heavy atom. The second kappa shape index (κ2) is 7.94. The Kier molecular flexibility index (Phi) is 6.65. The Morgan fingerprint density at radius 3 is 2.42 bits per heavy atom. The molecule has 3 unspecified atom stereocenters. The number of carboxylic acids is 1. The summed E-state index contributed by atoms with van der Waals surface area (Å²) in [7, 11) is -3.72. The van der Waals surface area contributed by atoms with Gasteiger partial charge in [-0.25, -0.2) is 4.31 Å². The number of nitrogens with two attached hydrogens (primary N) is 1. The highest BCUT2D eigenvalue weighted by Crippen LogP contribution is 2.26. The molecule has 1 fully saturated rings. The SMILES string of the molecule is COC1(NC(=O)C(C)NC(=O)CCC(N)C(=O)O)CN(S(=O)(=O)O)C1=O. The van der Waals surface area contributed by atoms with Crippen LogP contribution in [0.1, 0.15) is 19.8 Å². The van der Waals surface area contributed by atoms with Gasteiger partial charge in [0.1, 0.15) is 12.1 Å². The van der Waals surface area contributed by atoms with E-state index in [1.807, 2.05) is 0 Å². The van der Waals surface area contributed by atoms with E-state index in [-0.39, 0.29) is 17.1 Å². The molecule has 1 saturated heterocycles. The van der Waals surface area contributed by atoms with Gasteiger partial charge in [-0.05, 0) is 13.3 Å². The number of aliphatic carboxylic acids is 1. The lowest BCUT2D eigenvalue weighted by atomic mass is 10.1. The number of hydrogen-bond donors (Lipinski definition) is 5. The fourth-order valence-corrected chi connectivity index (χ4v) is 2.73. The van der Waals surface area contributed by atoms with Crippen molar-refractivity contribution in [3.63, 3.8) is 0 Å². The lowest BCUT2D eigenvalue weighted by molar-refractivity contribution is -0.180. The van der Waals surface area contributed by atoms with Crippen molar-refractivity contribution in [1.29, 1.82) is 0 Å². The van der Waals surface area contributed by atoms with Gasteiger partial charge in [0.05, 0.1) is 6.54 Å². The first-order valence-electron chi connectivity index (χ1n) is 7.28. The Morgan fingerprint density at radius 2 is 2.00 bits per heavy atom. The van der Waals surface area contributed by atoms with Crippen LogP contribution in [0, 0.1) is 0 Å². The van der Waals surface area contributed by atoms with Crippen LogP contribution >= 0.6 is 0 Å². The summed E-state index contributed by atoms with van der Waals surface area (Å²) in [5.41, 5.74) is 3.28. The van der Waals surface area contributed by atoms with Crippen molar-refractivity contribution < 1.29 is 42.0 Å². The molecule has 148 valence electrons. The highest BCUT2D eigenvalue weighted by molar-refractivity contribution is 7.84. The number of ether oxygens (including phenoxy) is 1. The van der Waals surface area contributed by atoms with E-state index in [1.54, 1.807) is 0 Å². The second-order valence-electron chi connectivity index (χ2n) is 5.58. The molecule has 13 nitrogen and oxygen atoms in total. The Hall–Kier alpha value is -2.29. The zero-order valence-corrected chi connectivity index (χ0v) is 14.8. The van der Waals surface area contributed by atoms with E-state index in [1.165, 1.54) is 6.92 Å². The van der Waals surface area contributed by atoms with Gasteiger partial charge in [0, 0.05) is 13.5 Å². The maximum Gasteiger partial charge on any atom is 0.362 e. The van der Waals surface area contributed by atoms with Crippen LogP contribution in [0.4, 0.5) is 0 Å². The topological polar surface area (TPSA) is 205 Å². The molecule has 1 aliphatic heterocycles. The molecule has 3 amide bonds. The minimum atomic E-state index is -4.77. The van der Waals surface area contributed by atoms with Gasteiger partial charge in [-0.1, -0.05) is 0 Å². The fraction of sp³-hybridized carbons (Fsp3) is 0.667. The molecule has 0 aromatic heterocycles. The summed E-state index contributed by atoms with van der Waals surface area (Å²) in [6.45, 7) is 0.651. The van der Waals surface area contributed by atoms with Crippen LogP contribution in [-0.4, -0.2) is 77.5 Å². The van der Waals surface area contributed by atoms with Gasteiger partial charge in [-0.3, -0.25) is 23.7 Å². The number of hydrogen-bond acceptors (Lipinski definition) is 8. The molecule has 0 saturated carbocycles. The molecule has 0 spiro atoms.